The summed E-state index contributed by atoms with van der Waals surface area (Å²) in [6.45, 7) is 7.48. The maximum absolute atomic E-state index is 12.9. The lowest BCUT2D eigenvalue weighted by molar-refractivity contribution is -0.0431. The van der Waals surface area contributed by atoms with Crippen LogP contribution in [0.3, 0.4) is 0 Å². The summed E-state index contributed by atoms with van der Waals surface area (Å²) in [5, 5.41) is 5.10. The van der Waals surface area contributed by atoms with Crippen LogP contribution in [0.4, 0.5) is 0 Å². The van der Waals surface area contributed by atoms with Crippen LogP contribution >= 0.6 is 11.6 Å². The minimum absolute atomic E-state index is 0.0209. The van der Waals surface area contributed by atoms with Gasteiger partial charge in [-0.15, -0.1) is 0 Å². The van der Waals surface area contributed by atoms with Crippen LogP contribution in [0.15, 0.2) is 42.5 Å². The van der Waals surface area contributed by atoms with Gasteiger partial charge in [-0.1, -0.05) is 29.8 Å². The van der Waals surface area contributed by atoms with Crippen LogP contribution in [0.1, 0.15) is 41.2 Å². The van der Waals surface area contributed by atoms with E-state index in [4.69, 9.17) is 21.1 Å². The van der Waals surface area contributed by atoms with Gasteiger partial charge in [-0.25, -0.2) is 4.68 Å². The van der Waals surface area contributed by atoms with Gasteiger partial charge in [-0.2, -0.15) is 5.10 Å². The summed E-state index contributed by atoms with van der Waals surface area (Å²) >= 11 is 6.25. The number of carbonyl (C=O) groups is 1. The van der Waals surface area contributed by atoms with Crippen molar-refractivity contribution in [1.29, 1.82) is 0 Å². The Hall–Kier alpha value is -2.79. The van der Waals surface area contributed by atoms with Crippen molar-refractivity contribution in [2.24, 2.45) is 0 Å². The third kappa shape index (κ3) is 3.38. The first kappa shape index (κ1) is 18.6. The molecule has 0 unspecified atom stereocenters. The number of ether oxygens (including phenoxy) is 2. The SMILES string of the molecule is Cc1nn(-c2cccc(C(=O)Cc3ccc4c(c3)OC(C)(C)O4)c2)c(C)c1Cl. The van der Waals surface area contributed by atoms with E-state index in [1.807, 2.05) is 70.2 Å². The number of Topliss-reactive ketones (excluding diaryl/α,β-unsaturated/α-hetero) is 1. The Morgan fingerprint density at radius 2 is 1.86 bits per heavy atom. The minimum Gasteiger partial charge on any atom is -0.449 e. The fourth-order valence-electron chi connectivity index (χ4n) is 3.35. The number of carbonyl (C=O) groups excluding carboxylic acids is 1. The zero-order chi connectivity index (χ0) is 20.1. The van der Waals surface area contributed by atoms with Crippen molar-refractivity contribution in [1.82, 2.24) is 9.78 Å². The van der Waals surface area contributed by atoms with Crippen LogP contribution in [0.2, 0.25) is 5.02 Å². The summed E-state index contributed by atoms with van der Waals surface area (Å²) in [4.78, 5) is 12.9. The molecule has 0 atom stereocenters. The van der Waals surface area contributed by atoms with Crippen molar-refractivity contribution in [2.75, 3.05) is 0 Å². The molecule has 0 radical (unpaired) electrons. The molecule has 0 saturated carbocycles. The molecule has 2 heterocycles. The average molecular weight is 397 g/mol. The molecule has 144 valence electrons. The fourth-order valence-corrected chi connectivity index (χ4v) is 3.47. The first-order chi connectivity index (χ1) is 13.2. The van der Waals surface area contributed by atoms with E-state index >= 15 is 0 Å². The lowest BCUT2D eigenvalue weighted by atomic mass is 10.0. The first-order valence-electron chi connectivity index (χ1n) is 9.10. The fraction of sp³-hybridized carbons (Fsp3) is 0.273. The van der Waals surface area contributed by atoms with Gasteiger partial charge in [0.15, 0.2) is 17.3 Å². The number of rotatable bonds is 4. The highest BCUT2D eigenvalue weighted by molar-refractivity contribution is 6.31. The van der Waals surface area contributed by atoms with Crippen LogP contribution < -0.4 is 9.47 Å². The van der Waals surface area contributed by atoms with Gasteiger partial charge < -0.3 is 9.47 Å². The second kappa shape index (κ2) is 6.67. The van der Waals surface area contributed by atoms with Crippen LogP contribution in [-0.2, 0) is 6.42 Å². The number of hydrogen-bond donors (Lipinski definition) is 0. The molecule has 0 fully saturated rings. The minimum atomic E-state index is -0.680. The van der Waals surface area contributed by atoms with E-state index in [2.05, 4.69) is 5.10 Å². The standard InChI is InChI=1S/C22H21ClN2O3/c1-13-21(23)14(2)25(24-13)17-7-5-6-16(12-17)18(26)10-15-8-9-19-20(11-15)28-22(3,4)27-19/h5-9,11-12H,10H2,1-4H3. The third-order valence-corrected chi connectivity index (χ3v) is 5.25. The molecule has 1 aliphatic rings. The third-order valence-electron chi connectivity index (χ3n) is 4.70. The normalized spacial score (nSPS) is 14.3. The molecule has 1 aliphatic heterocycles. The van der Waals surface area contributed by atoms with Crippen LogP contribution in [0.25, 0.3) is 5.69 Å². The Bertz CT molecular complexity index is 1090. The van der Waals surface area contributed by atoms with Crippen LogP contribution in [0.5, 0.6) is 11.5 Å². The Morgan fingerprint density at radius 1 is 1.11 bits per heavy atom. The molecule has 2 aromatic carbocycles. The molecule has 0 bridgehead atoms. The Balaban J connectivity index is 1.57. The smallest absolute Gasteiger partial charge is 0.246 e. The predicted molar refractivity (Wildman–Crippen MR) is 108 cm³/mol. The summed E-state index contributed by atoms with van der Waals surface area (Å²) in [6.07, 6.45) is 0.276. The zero-order valence-corrected chi connectivity index (χ0v) is 17.0. The molecule has 0 aliphatic carbocycles. The maximum Gasteiger partial charge on any atom is 0.246 e. The summed E-state index contributed by atoms with van der Waals surface area (Å²) < 4.78 is 13.2. The van der Waals surface area contributed by atoms with E-state index in [0.717, 1.165) is 22.6 Å². The lowest BCUT2D eigenvalue weighted by Gasteiger charge is -2.16. The molecule has 0 spiro atoms. The molecule has 0 saturated heterocycles. The second-order valence-corrected chi connectivity index (χ2v) is 7.81. The predicted octanol–water partition coefficient (Wildman–Crippen LogP) is 5.08. The highest BCUT2D eigenvalue weighted by Gasteiger charge is 2.31. The van der Waals surface area contributed by atoms with E-state index in [-0.39, 0.29) is 12.2 Å². The maximum atomic E-state index is 12.9. The van der Waals surface area contributed by atoms with Gasteiger partial charge in [0.1, 0.15) is 0 Å². The number of fused-ring (bicyclic) bond motifs is 1. The molecule has 28 heavy (non-hydrogen) atoms. The molecule has 0 amide bonds. The van der Waals surface area contributed by atoms with Gasteiger partial charge in [0, 0.05) is 25.8 Å². The largest absolute Gasteiger partial charge is 0.449 e. The van der Waals surface area contributed by atoms with Gasteiger partial charge in [-0.3, -0.25) is 4.79 Å². The second-order valence-electron chi connectivity index (χ2n) is 7.43. The Labute approximate surface area is 168 Å². The molecule has 6 heteroatoms. The van der Waals surface area contributed by atoms with Gasteiger partial charge in [0.2, 0.25) is 5.79 Å². The lowest BCUT2D eigenvalue weighted by Crippen LogP contribution is -2.29. The quantitative estimate of drug-likeness (QED) is 0.577. The molecule has 4 rings (SSSR count). The van der Waals surface area contributed by atoms with Crippen molar-refractivity contribution in [3.63, 3.8) is 0 Å². The highest BCUT2D eigenvalue weighted by atomic mass is 35.5. The van der Waals surface area contributed by atoms with Gasteiger partial charge in [-0.05, 0) is 43.7 Å². The van der Waals surface area contributed by atoms with Crippen LogP contribution in [-0.4, -0.2) is 21.4 Å². The van der Waals surface area contributed by atoms with E-state index in [9.17, 15) is 4.79 Å². The highest BCUT2D eigenvalue weighted by Crippen LogP contribution is 2.39. The van der Waals surface area contributed by atoms with Crippen molar-refractivity contribution in [3.8, 4) is 17.2 Å². The number of halogens is 1. The molecule has 0 N–H and O–H groups in total. The van der Waals surface area contributed by atoms with Gasteiger partial charge in [0.25, 0.3) is 0 Å². The van der Waals surface area contributed by atoms with E-state index in [1.165, 1.54) is 0 Å². The van der Waals surface area contributed by atoms with Crippen LogP contribution in [0, 0.1) is 13.8 Å². The first-order valence-corrected chi connectivity index (χ1v) is 9.47. The van der Waals surface area contributed by atoms with E-state index in [0.29, 0.717) is 22.1 Å². The summed E-state index contributed by atoms with van der Waals surface area (Å²) in [6, 6.07) is 13.0. The van der Waals surface area contributed by atoms with Crippen molar-refractivity contribution in [2.45, 2.75) is 39.9 Å². The topological polar surface area (TPSA) is 53.4 Å². The van der Waals surface area contributed by atoms with Gasteiger partial charge in [0.05, 0.1) is 22.1 Å². The number of hydrogen-bond acceptors (Lipinski definition) is 4. The van der Waals surface area contributed by atoms with Gasteiger partial charge >= 0.3 is 0 Å². The summed E-state index contributed by atoms with van der Waals surface area (Å²) in [5.41, 5.74) is 3.93. The zero-order valence-electron chi connectivity index (χ0n) is 16.2. The molecular formula is C22H21ClN2O3. The van der Waals surface area contributed by atoms with E-state index in [1.54, 1.807) is 4.68 Å². The van der Waals surface area contributed by atoms with Crippen molar-refractivity contribution >= 4 is 17.4 Å². The summed E-state index contributed by atoms with van der Waals surface area (Å²) in [5.74, 6) is 0.707. The molecule has 1 aromatic heterocycles. The molecule has 3 aromatic rings. The molecule has 5 nitrogen and oxygen atoms in total. The van der Waals surface area contributed by atoms with E-state index < -0.39 is 5.79 Å². The monoisotopic (exact) mass is 396 g/mol. The number of ketones is 1. The Morgan fingerprint density at radius 3 is 2.57 bits per heavy atom. The van der Waals surface area contributed by atoms with Crippen molar-refractivity contribution < 1.29 is 14.3 Å². The average Bonchev–Trinajstić information content (AvgIpc) is 3.10. The number of aromatic nitrogens is 2. The van der Waals surface area contributed by atoms with Crippen molar-refractivity contribution in [3.05, 3.63) is 70.0 Å². The number of aryl methyl sites for hydroxylation is 1. The molecular weight excluding hydrogens is 376 g/mol. The number of nitrogens with zero attached hydrogens (tertiary/aromatic N) is 2. The Kier molecular flexibility index (Phi) is 4.42. The summed E-state index contributed by atoms with van der Waals surface area (Å²) in [7, 11) is 0. The number of benzene rings is 2.